The molecule has 1 aliphatic heterocycles. The van der Waals surface area contributed by atoms with Crippen molar-refractivity contribution in [2.75, 3.05) is 26.3 Å². The average molecular weight is 284 g/mol. The van der Waals surface area contributed by atoms with Crippen LogP contribution in [0.4, 0.5) is 0 Å². The van der Waals surface area contributed by atoms with E-state index >= 15 is 0 Å². The van der Waals surface area contributed by atoms with Gasteiger partial charge in [0.15, 0.2) is 5.11 Å². The van der Waals surface area contributed by atoms with E-state index in [1.54, 1.807) is 6.21 Å². The van der Waals surface area contributed by atoms with Gasteiger partial charge < -0.3 is 9.64 Å². The van der Waals surface area contributed by atoms with E-state index in [0.29, 0.717) is 23.3 Å². The molecule has 1 aliphatic rings. The third-order valence-corrected chi connectivity index (χ3v) is 3.26. The van der Waals surface area contributed by atoms with Crippen LogP contribution in [0.15, 0.2) is 29.4 Å². The number of hydrazone groups is 1. The Kier molecular flexibility index (Phi) is 4.92. The highest BCUT2D eigenvalue weighted by molar-refractivity contribution is 7.80. The topological polar surface area (TPSA) is 36.9 Å². The Morgan fingerprint density at radius 3 is 2.83 bits per heavy atom. The van der Waals surface area contributed by atoms with Crippen molar-refractivity contribution in [2.24, 2.45) is 5.10 Å². The molecule has 0 radical (unpaired) electrons. The fourth-order valence-electron chi connectivity index (χ4n) is 1.57. The number of thiocarbonyl (C=S) groups is 1. The van der Waals surface area contributed by atoms with Crippen LogP contribution >= 0.6 is 23.8 Å². The zero-order valence-electron chi connectivity index (χ0n) is 9.80. The summed E-state index contributed by atoms with van der Waals surface area (Å²) in [5.41, 5.74) is 3.70. The molecule has 0 aromatic heterocycles. The number of rotatable bonds is 2. The fraction of sp³-hybridized carbons (Fsp3) is 0.333. The first-order chi connectivity index (χ1) is 8.77. The lowest BCUT2D eigenvalue weighted by atomic mass is 10.2. The molecule has 1 saturated heterocycles. The average Bonchev–Trinajstić information content (AvgIpc) is 2.42. The van der Waals surface area contributed by atoms with Crippen molar-refractivity contribution < 1.29 is 4.74 Å². The Morgan fingerprint density at radius 1 is 1.39 bits per heavy atom. The Morgan fingerprint density at radius 2 is 2.11 bits per heavy atom. The summed E-state index contributed by atoms with van der Waals surface area (Å²) in [5, 5.41) is 5.37. The van der Waals surface area contributed by atoms with Crippen molar-refractivity contribution in [3.8, 4) is 0 Å². The first-order valence-corrected chi connectivity index (χ1v) is 6.46. The third kappa shape index (κ3) is 3.66. The molecule has 4 nitrogen and oxygen atoms in total. The van der Waals surface area contributed by atoms with Gasteiger partial charge in [0, 0.05) is 23.7 Å². The summed E-state index contributed by atoms with van der Waals surface area (Å²) < 4.78 is 5.25. The Bertz CT molecular complexity index is 447. The zero-order chi connectivity index (χ0) is 12.8. The molecule has 1 aromatic carbocycles. The maximum absolute atomic E-state index is 6.01. The molecule has 0 atom stereocenters. The summed E-state index contributed by atoms with van der Waals surface area (Å²) >= 11 is 11.2. The molecule has 0 unspecified atom stereocenters. The Hall–Kier alpha value is -1.17. The van der Waals surface area contributed by atoms with Gasteiger partial charge in [0.25, 0.3) is 0 Å². The summed E-state index contributed by atoms with van der Waals surface area (Å²) in [6, 6.07) is 7.51. The second-order valence-electron chi connectivity index (χ2n) is 3.80. The largest absolute Gasteiger partial charge is 0.378 e. The van der Waals surface area contributed by atoms with E-state index in [9.17, 15) is 0 Å². The van der Waals surface area contributed by atoms with Gasteiger partial charge in [-0.25, -0.2) is 0 Å². The summed E-state index contributed by atoms with van der Waals surface area (Å²) in [5.74, 6) is 0. The van der Waals surface area contributed by atoms with E-state index in [0.717, 1.165) is 18.7 Å². The molecule has 18 heavy (non-hydrogen) atoms. The van der Waals surface area contributed by atoms with Gasteiger partial charge in [0.05, 0.1) is 19.4 Å². The lowest BCUT2D eigenvalue weighted by Crippen LogP contribution is -2.44. The predicted molar refractivity (Wildman–Crippen MR) is 77.2 cm³/mol. The van der Waals surface area contributed by atoms with Gasteiger partial charge in [0.2, 0.25) is 0 Å². The molecule has 0 saturated carbocycles. The minimum Gasteiger partial charge on any atom is -0.378 e. The molecule has 0 aliphatic carbocycles. The highest BCUT2D eigenvalue weighted by Gasteiger charge is 2.12. The first-order valence-electron chi connectivity index (χ1n) is 5.67. The fourth-order valence-corrected chi connectivity index (χ4v) is 1.99. The molecular weight excluding hydrogens is 270 g/mol. The van der Waals surface area contributed by atoms with Crippen LogP contribution in [0.5, 0.6) is 0 Å². The van der Waals surface area contributed by atoms with Crippen LogP contribution < -0.4 is 5.43 Å². The highest BCUT2D eigenvalue weighted by Crippen LogP contribution is 2.12. The van der Waals surface area contributed by atoms with Crippen LogP contribution in [0, 0.1) is 0 Å². The molecule has 2 rings (SSSR count). The van der Waals surface area contributed by atoms with Gasteiger partial charge >= 0.3 is 0 Å². The minimum absolute atomic E-state index is 0.613. The summed E-state index contributed by atoms with van der Waals surface area (Å²) in [6.07, 6.45) is 1.66. The number of morpholine rings is 1. The first kappa shape index (κ1) is 13.3. The molecule has 0 spiro atoms. The monoisotopic (exact) mass is 283 g/mol. The van der Waals surface area contributed by atoms with Gasteiger partial charge in [-0.2, -0.15) is 5.10 Å². The van der Waals surface area contributed by atoms with E-state index in [2.05, 4.69) is 10.5 Å². The molecule has 1 N–H and O–H groups in total. The van der Waals surface area contributed by atoms with Crippen molar-refractivity contribution in [2.45, 2.75) is 0 Å². The van der Waals surface area contributed by atoms with Crippen molar-refractivity contribution in [3.05, 3.63) is 34.9 Å². The van der Waals surface area contributed by atoms with Gasteiger partial charge in [-0.1, -0.05) is 29.8 Å². The van der Waals surface area contributed by atoms with Gasteiger partial charge in [-0.05, 0) is 18.3 Å². The van der Waals surface area contributed by atoms with Crippen molar-refractivity contribution in [1.29, 1.82) is 0 Å². The Balaban J connectivity index is 1.87. The second kappa shape index (κ2) is 6.68. The normalized spacial score (nSPS) is 15.9. The van der Waals surface area contributed by atoms with Crippen LogP contribution in [0.1, 0.15) is 5.56 Å². The van der Waals surface area contributed by atoms with Crippen molar-refractivity contribution in [1.82, 2.24) is 10.3 Å². The second-order valence-corrected chi connectivity index (χ2v) is 4.59. The minimum atomic E-state index is 0.613. The molecular formula is C12H14ClN3OS. The standard InChI is InChI=1S/C12H14ClN3OS/c13-11-4-2-1-3-10(11)9-14-15-12(18)16-5-7-17-8-6-16/h1-4,9H,5-8H2,(H,15,18)/b14-9-. The molecule has 96 valence electrons. The highest BCUT2D eigenvalue weighted by atomic mass is 35.5. The van der Waals surface area contributed by atoms with Crippen LogP contribution in [-0.2, 0) is 4.74 Å². The predicted octanol–water partition coefficient (Wildman–Crippen LogP) is 1.88. The van der Waals surface area contributed by atoms with Gasteiger partial charge in [0.1, 0.15) is 0 Å². The number of ether oxygens (including phenoxy) is 1. The van der Waals surface area contributed by atoms with Gasteiger partial charge in [-0.15, -0.1) is 0 Å². The summed E-state index contributed by atoms with van der Waals surface area (Å²) in [4.78, 5) is 2.03. The molecule has 1 aromatic rings. The lowest BCUT2D eigenvalue weighted by Gasteiger charge is -2.28. The van der Waals surface area contributed by atoms with Gasteiger partial charge in [-0.3, -0.25) is 5.43 Å². The maximum Gasteiger partial charge on any atom is 0.189 e. The van der Waals surface area contributed by atoms with Crippen LogP contribution in [0.2, 0.25) is 5.02 Å². The maximum atomic E-state index is 6.01. The number of benzene rings is 1. The summed E-state index contributed by atoms with van der Waals surface area (Å²) in [6.45, 7) is 3.01. The van der Waals surface area contributed by atoms with E-state index in [-0.39, 0.29) is 0 Å². The van der Waals surface area contributed by atoms with E-state index < -0.39 is 0 Å². The molecule has 6 heteroatoms. The summed E-state index contributed by atoms with van der Waals surface area (Å²) in [7, 11) is 0. The quantitative estimate of drug-likeness (QED) is 0.511. The van der Waals surface area contributed by atoms with E-state index in [1.807, 2.05) is 29.2 Å². The number of nitrogens with one attached hydrogen (secondary N) is 1. The van der Waals surface area contributed by atoms with E-state index in [4.69, 9.17) is 28.6 Å². The van der Waals surface area contributed by atoms with Crippen LogP contribution in [-0.4, -0.2) is 42.5 Å². The molecule has 0 amide bonds. The smallest absolute Gasteiger partial charge is 0.189 e. The van der Waals surface area contributed by atoms with Crippen LogP contribution in [0.25, 0.3) is 0 Å². The number of hydrogen-bond acceptors (Lipinski definition) is 3. The van der Waals surface area contributed by atoms with Crippen LogP contribution in [0.3, 0.4) is 0 Å². The number of nitrogens with zero attached hydrogens (tertiary/aromatic N) is 2. The van der Waals surface area contributed by atoms with E-state index in [1.165, 1.54) is 0 Å². The lowest BCUT2D eigenvalue weighted by molar-refractivity contribution is 0.0677. The zero-order valence-corrected chi connectivity index (χ0v) is 11.4. The number of halogens is 1. The van der Waals surface area contributed by atoms with Crippen molar-refractivity contribution >= 4 is 35.1 Å². The molecule has 1 fully saturated rings. The van der Waals surface area contributed by atoms with Crippen molar-refractivity contribution in [3.63, 3.8) is 0 Å². The number of hydrogen-bond donors (Lipinski definition) is 1. The SMILES string of the molecule is S=C(N/N=C\c1ccccc1Cl)N1CCOCC1. The molecule has 0 bridgehead atoms. The Labute approximate surface area is 117 Å². The third-order valence-electron chi connectivity index (χ3n) is 2.57. The molecule has 1 heterocycles.